The van der Waals surface area contributed by atoms with E-state index in [4.69, 9.17) is 5.84 Å². The molecule has 6 heteroatoms. The van der Waals surface area contributed by atoms with Crippen LogP contribution in [0.5, 0.6) is 0 Å². The molecule has 1 aromatic heterocycles. The third-order valence-corrected chi connectivity index (χ3v) is 3.91. The number of nitrogens with two attached hydrogens (primary N) is 1. The molecule has 1 unspecified atom stereocenters. The number of anilines is 1. The normalized spacial score (nSPS) is 25.1. The largest absolute Gasteiger partial charge is 0.307 e. The summed E-state index contributed by atoms with van der Waals surface area (Å²) < 4.78 is 0. The van der Waals surface area contributed by atoms with Crippen molar-refractivity contribution >= 4 is 5.82 Å². The van der Waals surface area contributed by atoms with Crippen molar-refractivity contribution < 1.29 is 0 Å². The summed E-state index contributed by atoms with van der Waals surface area (Å²) in [5, 5.41) is 0. The Kier molecular flexibility index (Phi) is 3.40. The van der Waals surface area contributed by atoms with E-state index in [0.29, 0.717) is 5.82 Å². The van der Waals surface area contributed by atoms with Gasteiger partial charge >= 0.3 is 0 Å². The third-order valence-electron chi connectivity index (χ3n) is 3.91. The van der Waals surface area contributed by atoms with Crippen molar-refractivity contribution in [2.75, 3.05) is 31.6 Å². The van der Waals surface area contributed by atoms with Crippen LogP contribution < -0.4 is 11.3 Å². The molecule has 6 nitrogen and oxygen atoms in total. The van der Waals surface area contributed by atoms with Gasteiger partial charge in [-0.2, -0.15) is 0 Å². The standard InChI is InChI=1S/C12H20N6/c13-16-12-7-14-10(6-15-12)8-17-4-5-18-3-1-2-11(18)9-17/h6-7,11H,1-5,8-9,13H2,(H,15,16). The van der Waals surface area contributed by atoms with Gasteiger partial charge in [-0.1, -0.05) is 0 Å². The van der Waals surface area contributed by atoms with Gasteiger partial charge in [0.1, 0.15) is 0 Å². The van der Waals surface area contributed by atoms with Crippen LogP contribution in [0.4, 0.5) is 5.82 Å². The molecular formula is C12H20N6. The van der Waals surface area contributed by atoms with Crippen LogP contribution in [0.15, 0.2) is 12.4 Å². The van der Waals surface area contributed by atoms with Gasteiger partial charge in [-0.05, 0) is 19.4 Å². The molecule has 98 valence electrons. The topological polar surface area (TPSA) is 70.3 Å². The Bertz CT molecular complexity index is 392. The number of nitrogens with one attached hydrogen (secondary N) is 1. The molecule has 0 radical (unpaired) electrons. The minimum absolute atomic E-state index is 0.611. The lowest BCUT2D eigenvalue weighted by Crippen LogP contribution is -2.49. The molecule has 3 heterocycles. The quantitative estimate of drug-likeness (QED) is 0.581. The van der Waals surface area contributed by atoms with Crippen LogP contribution in [0.25, 0.3) is 0 Å². The Morgan fingerprint density at radius 3 is 3.00 bits per heavy atom. The molecular weight excluding hydrogens is 228 g/mol. The summed E-state index contributed by atoms with van der Waals surface area (Å²) >= 11 is 0. The average Bonchev–Trinajstić information content (AvgIpc) is 2.87. The summed E-state index contributed by atoms with van der Waals surface area (Å²) in [6.07, 6.45) is 6.19. The van der Waals surface area contributed by atoms with Crippen LogP contribution in [0.3, 0.4) is 0 Å². The molecule has 0 amide bonds. The zero-order chi connectivity index (χ0) is 12.4. The molecule has 2 saturated heterocycles. The number of nitrogen functional groups attached to an aromatic ring is 1. The first-order valence-electron chi connectivity index (χ1n) is 6.59. The van der Waals surface area contributed by atoms with E-state index < -0.39 is 0 Å². The molecule has 0 aromatic carbocycles. The average molecular weight is 248 g/mol. The Hall–Kier alpha value is -1.24. The van der Waals surface area contributed by atoms with E-state index in [9.17, 15) is 0 Å². The van der Waals surface area contributed by atoms with Crippen LogP contribution >= 0.6 is 0 Å². The first-order valence-corrected chi connectivity index (χ1v) is 6.59. The number of piperazine rings is 1. The van der Waals surface area contributed by atoms with Crippen molar-refractivity contribution in [3.8, 4) is 0 Å². The Balaban J connectivity index is 1.58. The molecule has 1 aromatic rings. The second-order valence-electron chi connectivity index (χ2n) is 5.10. The Morgan fingerprint density at radius 2 is 2.22 bits per heavy atom. The molecule has 0 spiro atoms. The third kappa shape index (κ3) is 2.45. The van der Waals surface area contributed by atoms with Crippen molar-refractivity contribution in [3.05, 3.63) is 18.1 Å². The van der Waals surface area contributed by atoms with Crippen molar-refractivity contribution in [2.24, 2.45) is 5.84 Å². The molecule has 2 fully saturated rings. The van der Waals surface area contributed by atoms with Crippen LogP contribution in [-0.2, 0) is 6.54 Å². The summed E-state index contributed by atoms with van der Waals surface area (Å²) in [6, 6.07) is 0.761. The first kappa shape index (κ1) is 11.8. The molecule has 18 heavy (non-hydrogen) atoms. The van der Waals surface area contributed by atoms with Gasteiger partial charge in [0.25, 0.3) is 0 Å². The smallest absolute Gasteiger partial charge is 0.158 e. The summed E-state index contributed by atoms with van der Waals surface area (Å²) in [5.74, 6) is 5.88. The van der Waals surface area contributed by atoms with Gasteiger partial charge in [-0.25, -0.2) is 10.8 Å². The van der Waals surface area contributed by atoms with E-state index >= 15 is 0 Å². The van der Waals surface area contributed by atoms with Crippen LogP contribution in [0.1, 0.15) is 18.5 Å². The fourth-order valence-electron chi connectivity index (χ4n) is 2.94. The van der Waals surface area contributed by atoms with Gasteiger partial charge in [0, 0.05) is 32.2 Å². The molecule has 1 atom stereocenters. The van der Waals surface area contributed by atoms with E-state index in [1.807, 2.05) is 0 Å². The minimum atomic E-state index is 0.611. The van der Waals surface area contributed by atoms with E-state index in [-0.39, 0.29) is 0 Å². The lowest BCUT2D eigenvalue weighted by atomic mass is 10.1. The molecule has 0 bridgehead atoms. The highest BCUT2D eigenvalue weighted by molar-refractivity contribution is 5.28. The summed E-state index contributed by atoms with van der Waals surface area (Å²) in [7, 11) is 0. The number of rotatable bonds is 3. The molecule has 3 rings (SSSR count). The second-order valence-corrected chi connectivity index (χ2v) is 5.10. The van der Waals surface area contributed by atoms with Gasteiger partial charge in [-0.3, -0.25) is 14.8 Å². The van der Waals surface area contributed by atoms with E-state index in [0.717, 1.165) is 24.8 Å². The van der Waals surface area contributed by atoms with Crippen molar-refractivity contribution in [2.45, 2.75) is 25.4 Å². The number of nitrogens with zero attached hydrogens (tertiary/aromatic N) is 4. The molecule has 2 aliphatic rings. The number of aromatic nitrogens is 2. The molecule has 2 aliphatic heterocycles. The predicted molar refractivity (Wildman–Crippen MR) is 69.7 cm³/mol. The van der Waals surface area contributed by atoms with Gasteiger partial charge in [0.05, 0.1) is 18.1 Å². The second kappa shape index (κ2) is 5.17. The molecule has 0 aliphatic carbocycles. The van der Waals surface area contributed by atoms with Crippen molar-refractivity contribution in [1.29, 1.82) is 0 Å². The summed E-state index contributed by atoms with van der Waals surface area (Å²) in [4.78, 5) is 13.7. The number of fused-ring (bicyclic) bond motifs is 1. The van der Waals surface area contributed by atoms with Gasteiger partial charge in [0.2, 0.25) is 0 Å². The molecule has 0 saturated carbocycles. The Labute approximate surface area is 107 Å². The highest BCUT2D eigenvalue weighted by atomic mass is 15.3. The van der Waals surface area contributed by atoms with Crippen LogP contribution in [-0.4, -0.2) is 52.0 Å². The first-order chi connectivity index (χ1) is 8.85. The summed E-state index contributed by atoms with van der Waals surface area (Å²) in [5.41, 5.74) is 3.51. The van der Waals surface area contributed by atoms with Crippen molar-refractivity contribution in [3.63, 3.8) is 0 Å². The maximum absolute atomic E-state index is 5.27. The van der Waals surface area contributed by atoms with Gasteiger partial charge in [0.15, 0.2) is 5.82 Å². The fourth-order valence-corrected chi connectivity index (χ4v) is 2.94. The van der Waals surface area contributed by atoms with E-state index in [2.05, 4.69) is 25.2 Å². The SMILES string of the molecule is NNc1cnc(CN2CCN3CCCC3C2)cn1. The molecule has 3 N–H and O–H groups in total. The maximum atomic E-state index is 5.27. The summed E-state index contributed by atoms with van der Waals surface area (Å²) in [6.45, 7) is 5.67. The Morgan fingerprint density at radius 1 is 1.28 bits per heavy atom. The fraction of sp³-hybridized carbons (Fsp3) is 0.667. The van der Waals surface area contributed by atoms with E-state index in [1.54, 1.807) is 12.4 Å². The minimum Gasteiger partial charge on any atom is -0.307 e. The predicted octanol–water partition coefficient (Wildman–Crippen LogP) is 0.0422. The van der Waals surface area contributed by atoms with Crippen LogP contribution in [0, 0.1) is 0 Å². The monoisotopic (exact) mass is 248 g/mol. The van der Waals surface area contributed by atoms with E-state index in [1.165, 1.54) is 32.5 Å². The number of hydrogen-bond acceptors (Lipinski definition) is 6. The lowest BCUT2D eigenvalue weighted by Gasteiger charge is -2.37. The highest BCUT2D eigenvalue weighted by Gasteiger charge is 2.30. The lowest BCUT2D eigenvalue weighted by molar-refractivity contribution is 0.0984. The zero-order valence-corrected chi connectivity index (χ0v) is 10.5. The zero-order valence-electron chi connectivity index (χ0n) is 10.5. The van der Waals surface area contributed by atoms with Gasteiger partial charge < -0.3 is 5.43 Å². The van der Waals surface area contributed by atoms with Gasteiger partial charge in [-0.15, -0.1) is 0 Å². The van der Waals surface area contributed by atoms with Crippen molar-refractivity contribution in [1.82, 2.24) is 19.8 Å². The highest BCUT2D eigenvalue weighted by Crippen LogP contribution is 2.22. The number of hydrogen-bond donors (Lipinski definition) is 2. The maximum Gasteiger partial charge on any atom is 0.158 e. The van der Waals surface area contributed by atoms with Crippen LogP contribution in [0.2, 0.25) is 0 Å². The number of hydrazine groups is 1.